The minimum atomic E-state index is -0.192. The van der Waals surface area contributed by atoms with Crippen molar-refractivity contribution in [3.8, 4) is 0 Å². The second-order valence-corrected chi connectivity index (χ2v) is 5.58. The van der Waals surface area contributed by atoms with E-state index < -0.39 is 0 Å². The van der Waals surface area contributed by atoms with Crippen molar-refractivity contribution in [1.29, 1.82) is 0 Å². The Bertz CT molecular complexity index is 405. The van der Waals surface area contributed by atoms with Crippen LogP contribution in [0.3, 0.4) is 0 Å². The van der Waals surface area contributed by atoms with E-state index in [4.69, 9.17) is 4.42 Å². The fourth-order valence-corrected chi connectivity index (χ4v) is 2.85. The first-order valence-corrected chi connectivity index (χ1v) is 7.14. The third-order valence-electron chi connectivity index (χ3n) is 3.62. The number of aliphatic hydroxyl groups is 1. The first-order chi connectivity index (χ1) is 8.70. The average Bonchev–Trinajstić information content (AvgIpc) is 2.83. The van der Waals surface area contributed by atoms with E-state index in [1.807, 2.05) is 0 Å². The molecule has 2 unspecified atom stereocenters. The maximum Gasteiger partial charge on any atom is 0.287 e. The molecule has 1 aromatic rings. The molecule has 1 saturated carbocycles. The molecule has 0 aliphatic heterocycles. The maximum absolute atomic E-state index is 11.8. The van der Waals surface area contributed by atoms with E-state index >= 15 is 0 Å². The number of amides is 1. The van der Waals surface area contributed by atoms with Crippen molar-refractivity contribution in [2.24, 2.45) is 11.8 Å². The van der Waals surface area contributed by atoms with E-state index in [9.17, 15) is 9.90 Å². The van der Waals surface area contributed by atoms with Crippen LogP contribution >= 0.6 is 15.9 Å². The monoisotopic (exact) mass is 315 g/mol. The van der Waals surface area contributed by atoms with Crippen LogP contribution in [0.5, 0.6) is 0 Å². The summed E-state index contributed by atoms with van der Waals surface area (Å²) in [5.41, 5.74) is 0. The zero-order valence-electron chi connectivity index (χ0n) is 10.2. The zero-order chi connectivity index (χ0) is 13.0. The van der Waals surface area contributed by atoms with Gasteiger partial charge in [-0.1, -0.05) is 12.8 Å². The Morgan fingerprint density at radius 3 is 2.72 bits per heavy atom. The molecule has 0 saturated heterocycles. The number of aliphatic hydroxyl groups excluding tert-OH is 1. The fourth-order valence-electron chi connectivity index (χ4n) is 2.54. The lowest BCUT2D eigenvalue weighted by molar-refractivity contribution is 0.0882. The lowest BCUT2D eigenvalue weighted by Gasteiger charge is -2.30. The van der Waals surface area contributed by atoms with Crippen molar-refractivity contribution >= 4 is 21.8 Å². The van der Waals surface area contributed by atoms with Gasteiger partial charge in [0.15, 0.2) is 10.4 Å². The van der Waals surface area contributed by atoms with E-state index in [1.54, 1.807) is 12.1 Å². The molecular formula is C13H18BrNO3. The number of carbonyl (C=O) groups is 1. The van der Waals surface area contributed by atoms with Gasteiger partial charge in [0.2, 0.25) is 0 Å². The molecule has 100 valence electrons. The molecule has 2 atom stereocenters. The topological polar surface area (TPSA) is 62.5 Å². The predicted molar refractivity (Wildman–Crippen MR) is 71.3 cm³/mol. The van der Waals surface area contributed by atoms with Crippen molar-refractivity contribution in [2.75, 3.05) is 13.2 Å². The Labute approximate surface area is 115 Å². The average molecular weight is 316 g/mol. The highest BCUT2D eigenvalue weighted by Crippen LogP contribution is 2.29. The standard InChI is InChI=1S/C13H18BrNO3/c14-12-6-5-11(18-12)13(17)15-7-9-3-1-2-4-10(9)8-16/h5-6,9-10,16H,1-4,7-8H2,(H,15,17). The molecule has 1 aliphatic carbocycles. The van der Waals surface area contributed by atoms with E-state index in [0.29, 0.717) is 28.8 Å². The summed E-state index contributed by atoms with van der Waals surface area (Å²) < 4.78 is 5.75. The molecule has 0 radical (unpaired) electrons. The van der Waals surface area contributed by atoms with Gasteiger partial charge in [-0.25, -0.2) is 0 Å². The number of hydrogen-bond donors (Lipinski definition) is 2. The lowest BCUT2D eigenvalue weighted by Crippen LogP contribution is -2.35. The van der Waals surface area contributed by atoms with Gasteiger partial charge >= 0.3 is 0 Å². The van der Waals surface area contributed by atoms with Gasteiger partial charge in [-0.05, 0) is 52.7 Å². The second-order valence-electron chi connectivity index (χ2n) is 4.80. The molecular weight excluding hydrogens is 298 g/mol. The van der Waals surface area contributed by atoms with Crippen molar-refractivity contribution in [3.05, 3.63) is 22.6 Å². The summed E-state index contributed by atoms with van der Waals surface area (Å²) in [4.78, 5) is 11.8. The van der Waals surface area contributed by atoms with Crippen LogP contribution in [-0.4, -0.2) is 24.2 Å². The van der Waals surface area contributed by atoms with Crippen LogP contribution in [0.15, 0.2) is 21.2 Å². The van der Waals surface area contributed by atoms with E-state index in [1.165, 1.54) is 12.8 Å². The molecule has 0 bridgehead atoms. The molecule has 1 amide bonds. The third-order valence-corrected chi connectivity index (χ3v) is 4.05. The Kier molecular flexibility index (Phi) is 4.83. The summed E-state index contributed by atoms with van der Waals surface area (Å²) in [5, 5.41) is 12.2. The van der Waals surface area contributed by atoms with Crippen LogP contribution in [0, 0.1) is 11.8 Å². The van der Waals surface area contributed by atoms with Crippen LogP contribution in [0.25, 0.3) is 0 Å². The van der Waals surface area contributed by atoms with Crippen LogP contribution in [0.1, 0.15) is 36.2 Å². The van der Waals surface area contributed by atoms with Gasteiger partial charge in [0.25, 0.3) is 5.91 Å². The number of halogens is 1. The molecule has 4 nitrogen and oxygen atoms in total. The van der Waals surface area contributed by atoms with Gasteiger partial charge < -0.3 is 14.8 Å². The molecule has 1 fully saturated rings. The van der Waals surface area contributed by atoms with E-state index in [-0.39, 0.29) is 12.5 Å². The van der Waals surface area contributed by atoms with Gasteiger partial charge in [0.1, 0.15) is 0 Å². The van der Waals surface area contributed by atoms with E-state index in [0.717, 1.165) is 12.8 Å². The number of carbonyl (C=O) groups excluding carboxylic acids is 1. The SMILES string of the molecule is O=C(NCC1CCCCC1CO)c1ccc(Br)o1. The number of nitrogens with one attached hydrogen (secondary N) is 1. The second kappa shape index (κ2) is 6.38. The Balaban J connectivity index is 1.85. The lowest BCUT2D eigenvalue weighted by atomic mass is 9.79. The molecule has 18 heavy (non-hydrogen) atoms. The van der Waals surface area contributed by atoms with Gasteiger partial charge in [-0.3, -0.25) is 4.79 Å². The van der Waals surface area contributed by atoms with Crippen LogP contribution < -0.4 is 5.32 Å². The predicted octanol–water partition coefficient (Wildman–Crippen LogP) is 2.57. The van der Waals surface area contributed by atoms with Gasteiger partial charge in [-0.2, -0.15) is 0 Å². The molecule has 1 aliphatic rings. The number of rotatable bonds is 4. The molecule has 1 aromatic heterocycles. The Hall–Kier alpha value is -0.810. The highest BCUT2D eigenvalue weighted by atomic mass is 79.9. The molecule has 0 aromatic carbocycles. The fraction of sp³-hybridized carbons (Fsp3) is 0.615. The number of furan rings is 1. The summed E-state index contributed by atoms with van der Waals surface area (Å²) >= 11 is 3.17. The van der Waals surface area contributed by atoms with Gasteiger partial charge in [-0.15, -0.1) is 0 Å². The Morgan fingerprint density at radius 1 is 1.39 bits per heavy atom. The normalized spacial score (nSPS) is 23.9. The van der Waals surface area contributed by atoms with E-state index in [2.05, 4.69) is 21.2 Å². The minimum absolute atomic E-state index is 0.192. The summed E-state index contributed by atoms with van der Waals surface area (Å²) in [6, 6.07) is 3.34. The van der Waals surface area contributed by atoms with Gasteiger partial charge in [0.05, 0.1) is 0 Å². The quantitative estimate of drug-likeness (QED) is 0.897. The summed E-state index contributed by atoms with van der Waals surface area (Å²) in [6.45, 7) is 0.829. The summed E-state index contributed by atoms with van der Waals surface area (Å²) in [6.07, 6.45) is 4.50. The number of hydrogen-bond acceptors (Lipinski definition) is 3. The van der Waals surface area contributed by atoms with Crippen molar-refractivity contribution < 1.29 is 14.3 Å². The van der Waals surface area contributed by atoms with Crippen LogP contribution in [-0.2, 0) is 0 Å². The smallest absolute Gasteiger partial charge is 0.287 e. The minimum Gasteiger partial charge on any atom is -0.444 e. The first kappa shape index (κ1) is 13.6. The van der Waals surface area contributed by atoms with Crippen molar-refractivity contribution in [2.45, 2.75) is 25.7 Å². The largest absolute Gasteiger partial charge is 0.444 e. The third kappa shape index (κ3) is 3.36. The summed E-state index contributed by atoms with van der Waals surface area (Å²) in [7, 11) is 0. The molecule has 2 N–H and O–H groups in total. The molecule has 1 heterocycles. The molecule has 2 rings (SSSR count). The first-order valence-electron chi connectivity index (χ1n) is 6.35. The highest BCUT2D eigenvalue weighted by molar-refractivity contribution is 9.10. The van der Waals surface area contributed by atoms with Gasteiger partial charge in [0, 0.05) is 13.2 Å². The molecule has 5 heteroatoms. The zero-order valence-corrected chi connectivity index (χ0v) is 11.8. The van der Waals surface area contributed by atoms with Crippen LogP contribution in [0.4, 0.5) is 0 Å². The maximum atomic E-state index is 11.8. The van der Waals surface area contributed by atoms with Crippen molar-refractivity contribution in [1.82, 2.24) is 5.32 Å². The molecule has 0 spiro atoms. The highest BCUT2D eigenvalue weighted by Gasteiger charge is 2.25. The summed E-state index contributed by atoms with van der Waals surface area (Å²) in [5.74, 6) is 0.828. The van der Waals surface area contributed by atoms with Crippen LogP contribution in [0.2, 0.25) is 0 Å². The van der Waals surface area contributed by atoms with Crippen molar-refractivity contribution in [3.63, 3.8) is 0 Å². The Morgan fingerprint density at radius 2 is 2.11 bits per heavy atom.